The lowest BCUT2D eigenvalue weighted by molar-refractivity contribution is -0.116. The molecule has 3 heteroatoms. The average Bonchev–Trinajstić information content (AvgIpc) is 2.98. The van der Waals surface area contributed by atoms with Crippen molar-refractivity contribution in [2.75, 3.05) is 6.54 Å². The van der Waals surface area contributed by atoms with Gasteiger partial charge in [-0.15, -0.1) is 0 Å². The van der Waals surface area contributed by atoms with Gasteiger partial charge in [0.25, 0.3) is 0 Å². The van der Waals surface area contributed by atoms with E-state index in [1.807, 2.05) is 55.6 Å². The zero-order chi connectivity index (χ0) is 16.1. The number of benzene rings is 2. The lowest BCUT2D eigenvalue weighted by atomic mass is 10.1. The molecule has 1 amide bonds. The first-order chi connectivity index (χ1) is 11.2. The molecular formula is C20H20N2O. The molecule has 116 valence electrons. The molecule has 0 atom stereocenters. The maximum absolute atomic E-state index is 11.9. The summed E-state index contributed by atoms with van der Waals surface area (Å²) in [6.45, 7) is 2.66. The van der Waals surface area contributed by atoms with E-state index in [-0.39, 0.29) is 5.91 Å². The van der Waals surface area contributed by atoms with Crippen LogP contribution in [0, 0.1) is 6.92 Å². The number of carbonyl (C=O) groups excluding carboxylic acids is 1. The molecule has 0 aliphatic rings. The molecule has 3 rings (SSSR count). The SMILES string of the molecule is Cc1ccccc1/C=C/C(=O)NCCc1c[nH]c2ccccc12. The van der Waals surface area contributed by atoms with Crippen molar-refractivity contribution in [2.45, 2.75) is 13.3 Å². The third-order valence-corrected chi connectivity index (χ3v) is 3.97. The van der Waals surface area contributed by atoms with Crippen LogP contribution in [0.25, 0.3) is 17.0 Å². The molecule has 0 aliphatic carbocycles. The summed E-state index contributed by atoms with van der Waals surface area (Å²) in [6.07, 6.45) is 6.28. The van der Waals surface area contributed by atoms with Gasteiger partial charge in [0.2, 0.25) is 5.91 Å². The van der Waals surface area contributed by atoms with Gasteiger partial charge in [-0.2, -0.15) is 0 Å². The number of hydrogen-bond acceptors (Lipinski definition) is 1. The van der Waals surface area contributed by atoms with Crippen LogP contribution >= 0.6 is 0 Å². The Kier molecular flexibility index (Phi) is 4.57. The van der Waals surface area contributed by atoms with Gasteiger partial charge in [0.05, 0.1) is 0 Å². The summed E-state index contributed by atoms with van der Waals surface area (Å²) >= 11 is 0. The monoisotopic (exact) mass is 304 g/mol. The van der Waals surface area contributed by atoms with E-state index in [9.17, 15) is 4.79 Å². The van der Waals surface area contributed by atoms with Gasteiger partial charge >= 0.3 is 0 Å². The van der Waals surface area contributed by atoms with E-state index >= 15 is 0 Å². The van der Waals surface area contributed by atoms with E-state index < -0.39 is 0 Å². The second-order valence-corrected chi connectivity index (χ2v) is 5.59. The first kappa shape index (κ1) is 15.1. The zero-order valence-corrected chi connectivity index (χ0v) is 13.2. The van der Waals surface area contributed by atoms with E-state index in [1.165, 1.54) is 10.9 Å². The fourth-order valence-corrected chi connectivity index (χ4v) is 2.66. The van der Waals surface area contributed by atoms with Crippen LogP contribution in [0.3, 0.4) is 0 Å². The van der Waals surface area contributed by atoms with Gasteiger partial charge in [-0.3, -0.25) is 4.79 Å². The summed E-state index contributed by atoms with van der Waals surface area (Å²) in [5.41, 5.74) is 4.59. The van der Waals surface area contributed by atoms with E-state index in [2.05, 4.69) is 22.4 Å². The largest absolute Gasteiger partial charge is 0.361 e. The van der Waals surface area contributed by atoms with Crippen LogP contribution in [-0.2, 0) is 11.2 Å². The predicted molar refractivity (Wildman–Crippen MR) is 95.2 cm³/mol. The Hall–Kier alpha value is -2.81. The molecule has 23 heavy (non-hydrogen) atoms. The topological polar surface area (TPSA) is 44.9 Å². The van der Waals surface area contributed by atoms with Crippen LogP contribution in [-0.4, -0.2) is 17.4 Å². The van der Waals surface area contributed by atoms with Crippen LogP contribution in [0.2, 0.25) is 0 Å². The Bertz CT molecular complexity index is 845. The van der Waals surface area contributed by atoms with Crippen molar-refractivity contribution < 1.29 is 4.79 Å². The third-order valence-electron chi connectivity index (χ3n) is 3.97. The highest BCUT2D eigenvalue weighted by Gasteiger charge is 2.03. The minimum absolute atomic E-state index is 0.0619. The lowest BCUT2D eigenvalue weighted by Gasteiger charge is -2.02. The van der Waals surface area contributed by atoms with E-state index in [4.69, 9.17) is 0 Å². The molecule has 0 fully saturated rings. The summed E-state index contributed by atoms with van der Waals surface area (Å²) in [6, 6.07) is 16.2. The number of fused-ring (bicyclic) bond motifs is 1. The van der Waals surface area contributed by atoms with E-state index in [1.54, 1.807) is 6.08 Å². The summed E-state index contributed by atoms with van der Waals surface area (Å²) < 4.78 is 0. The van der Waals surface area contributed by atoms with Crippen molar-refractivity contribution in [3.05, 3.63) is 77.5 Å². The molecule has 1 heterocycles. The molecule has 0 saturated carbocycles. The highest BCUT2D eigenvalue weighted by atomic mass is 16.1. The summed E-state index contributed by atoms with van der Waals surface area (Å²) in [4.78, 5) is 15.2. The molecule has 3 nitrogen and oxygen atoms in total. The van der Waals surface area contributed by atoms with Gasteiger partial charge < -0.3 is 10.3 Å². The quantitative estimate of drug-likeness (QED) is 0.691. The van der Waals surface area contributed by atoms with Crippen molar-refractivity contribution in [3.8, 4) is 0 Å². The van der Waals surface area contributed by atoms with Gasteiger partial charge in [0.1, 0.15) is 0 Å². The predicted octanol–water partition coefficient (Wildman–Crippen LogP) is 3.85. The molecule has 3 aromatic rings. The number of carbonyl (C=O) groups is 1. The molecule has 1 aromatic heterocycles. The lowest BCUT2D eigenvalue weighted by Crippen LogP contribution is -2.23. The van der Waals surface area contributed by atoms with Gasteiger partial charge in [-0.25, -0.2) is 0 Å². The fraction of sp³-hybridized carbons (Fsp3) is 0.150. The first-order valence-electron chi connectivity index (χ1n) is 7.80. The van der Waals surface area contributed by atoms with Crippen LogP contribution in [0.5, 0.6) is 0 Å². The molecule has 2 N–H and O–H groups in total. The fourth-order valence-electron chi connectivity index (χ4n) is 2.66. The van der Waals surface area contributed by atoms with Gasteiger partial charge in [0, 0.05) is 29.7 Å². The number of H-pyrrole nitrogens is 1. The van der Waals surface area contributed by atoms with E-state index in [0.717, 1.165) is 23.1 Å². The number of aromatic amines is 1. The number of hydrogen-bond donors (Lipinski definition) is 2. The Morgan fingerprint density at radius 2 is 1.91 bits per heavy atom. The maximum atomic E-state index is 11.9. The number of aromatic nitrogens is 1. The molecule has 2 aromatic carbocycles. The Morgan fingerprint density at radius 3 is 2.78 bits per heavy atom. The van der Waals surface area contributed by atoms with Crippen molar-refractivity contribution >= 4 is 22.9 Å². The van der Waals surface area contributed by atoms with Crippen molar-refractivity contribution in [1.29, 1.82) is 0 Å². The molecule has 0 spiro atoms. The number of nitrogens with one attached hydrogen (secondary N) is 2. The Balaban J connectivity index is 1.54. The number of aryl methyl sites for hydroxylation is 1. The molecule has 0 unspecified atom stereocenters. The maximum Gasteiger partial charge on any atom is 0.244 e. The molecule has 0 radical (unpaired) electrons. The normalized spacial score (nSPS) is 11.2. The van der Waals surface area contributed by atoms with Crippen LogP contribution in [0.4, 0.5) is 0 Å². The van der Waals surface area contributed by atoms with Gasteiger partial charge in [-0.1, -0.05) is 42.5 Å². The highest BCUT2D eigenvalue weighted by Crippen LogP contribution is 2.17. The second-order valence-electron chi connectivity index (χ2n) is 5.59. The van der Waals surface area contributed by atoms with Crippen LogP contribution < -0.4 is 5.32 Å². The second kappa shape index (κ2) is 6.97. The summed E-state index contributed by atoms with van der Waals surface area (Å²) in [5.74, 6) is -0.0619. The van der Waals surface area contributed by atoms with Crippen LogP contribution in [0.1, 0.15) is 16.7 Å². The highest BCUT2D eigenvalue weighted by molar-refractivity contribution is 5.92. The molecule has 0 saturated heterocycles. The number of rotatable bonds is 5. The van der Waals surface area contributed by atoms with Crippen LogP contribution in [0.15, 0.2) is 60.8 Å². The van der Waals surface area contributed by atoms with Crippen molar-refractivity contribution in [1.82, 2.24) is 10.3 Å². The van der Waals surface area contributed by atoms with Crippen molar-refractivity contribution in [3.63, 3.8) is 0 Å². The summed E-state index contributed by atoms with van der Waals surface area (Å²) in [7, 11) is 0. The summed E-state index contributed by atoms with van der Waals surface area (Å²) in [5, 5.41) is 4.16. The molecule has 0 aliphatic heterocycles. The van der Waals surface area contributed by atoms with Gasteiger partial charge in [0.15, 0.2) is 0 Å². The van der Waals surface area contributed by atoms with E-state index in [0.29, 0.717) is 6.54 Å². The standard InChI is InChI=1S/C20H20N2O/c1-15-6-2-3-7-16(15)10-11-20(23)21-13-12-17-14-22-19-9-5-4-8-18(17)19/h2-11,14,22H,12-13H2,1H3,(H,21,23)/b11-10+. The Labute approximate surface area is 136 Å². The smallest absolute Gasteiger partial charge is 0.244 e. The zero-order valence-electron chi connectivity index (χ0n) is 13.2. The first-order valence-corrected chi connectivity index (χ1v) is 7.80. The third kappa shape index (κ3) is 3.69. The Morgan fingerprint density at radius 1 is 1.13 bits per heavy atom. The minimum Gasteiger partial charge on any atom is -0.361 e. The molecular weight excluding hydrogens is 284 g/mol. The molecule has 0 bridgehead atoms. The van der Waals surface area contributed by atoms with Crippen molar-refractivity contribution in [2.24, 2.45) is 0 Å². The van der Waals surface area contributed by atoms with Gasteiger partial charge in [-0.05, 0) is 42.2 Å². The average molecular weight is 304 g/mol. The number of amides is 1. The number of para-hydroxylation sites is 1. The minimum atomic E-state index is -0.0619.